The topological polar surface area (TPSA) is 59.6 Å². The number of anilines is 1. The summed E-state index contributed by atoms with van der Waals surface area (Å²) in [6.45, 7) is 6.05. The highest BCUT2D eigenvalue weighted by Gasteiger charge is 2.36. The molecule has 1 heterocycles. The maximum atomic E-state index is 12.3. The lowest BCUT2D eigenvalue weighted by molar-refractivity contribution is -0.123. The Morgan fingerprint density at radius 1 is 1.43 bits per heavy atom. The van der Waals surface area contributed by atoms with Gasteiger partial charge in [0, 0.05) is 18.3 Å². The molecule has 0 radical (unpaired) electrons. The summed E-state index contributed by atoms with van der Waals surface area (Å²) < 4.78 is 10.7. The summed E-state index contributed by atoms with van der Waals surface area (Å²) >= 11 is 0. The molecule has 21 heavy (non-hydrogen) atoms. The maximum Gasteiger partial charge on any atom is 0.231 e. The number of halogens is 1. The van der Waals surface area contributed by atoms with Crippen molar-refractivity contribution in [2.45, 2.75) is 20.3 Å². The van der Waals surface area contributed by atoms with Gasteiger partial charge in [-0.05, 0) is 38.9 Å². The Morgan fingerprint density at radius 2 is 2.19 bits per heavy atom. The summed E-state index contributed by atoms with van der Waals surface area (Å²) in [5.41, 5.74) is 0.387. The van der Waals surface area contributed by atoms with Crippen LogP contribution in [0.1, 0.15) is 20.3 Å². The van der Waals surface area contributed by atoms with Crippen molar-refractivity contribution < 1.29 is 14.3 Å². The Morgan fingerprint density at radius 3 is 2.76 bits per heavy atom. The van der Waals surface area contributed by atoms with Crippen LogP contribution in [0.4, 0.5) is 5.69 Å². The predicted octanol–water partition coefficient (Wildman–Crippen LogP) is 2.45. The second-order valence-electron chi connectivity index (χ2n) is 5.24. The van der Waals surface area contributed by atoms with Crippen molar-refractivity contribution in [1.82, 2.24) is 5.32 Å². The number of carbonyl (C=O) groups excluding carboxylic acids is 1. The molecule has 5 nitrogen and oxygen atoms in total. The number of methoxy groups -OCH3 is 1. The molecular weight excluding hydrogens is 292 g/mol. The molecule has 6 heteroatoms. The monoisotopic (exact) mass is 314 g/mol. The number of amides is 1. The van der Waals surface area contributed by atoms with Gasteiger partial charge >= 0.3 is 0 Å². The highest BCUT2D eigenvalue weighted by molar-refractivity contribution is 5.95. The van der Waals surface area contributed by atoms with Crippen LogP contribution in [0, 0.1) is 5.41 Å². The van der Waals surface area contributed by atoms with Crippen molar-refractivity contribution >= 4 is 24.0 Å². The molecule has 0 spiro atoms. The van der Waals surface area contributed by atoms with Crippen molar-refractivity contribution in [1.29, 1.82) is 0 Å². The van der Waals surface area contributed by atoms with Gasteiger partial charge in [0.1, 0.15) is 0 Å². The highest BCUT2D eigenvalue weighted by atomic mass is 35.5. The second-order valence-corrected chi connectivity index (χ2v) is 5.24. The Kier molecular flexibility index (Phi) is 6.30. The number of hydrogen-bond acceptors (Lipinski definition) is 4. The van der Waals surface area contributed by atoms with Crippen LogP contribution in [0.15, 0.2) is 18.2 Å². The van der Waals surface area contributed by atoms with Gasteiger partial charge in [0.2, 0.25) is 5.91 Å². The van der Waals surface area contributed by atoms with Crippen molar-refractivity contribution in [3.8, 4) is 11.5 Å². The third kappa shape index (κ3) is 4.02. The van der Waals surface area contributed by atoms with Crippen molar-refractivity contribution in [3.63, 3.8) is 0 Å². The van der Waals surface area contributed by atoms with Gasteiger partial charge in [-0.1, -0.05) is 0 Å². The minimum Gasteiger partial charge on any atom is -0.493 e. The molecule has 1 aliphatic rings. The first-order chi connectivity index (χ1) is 9.59. The van der Waals surface area contributed by atoms with Crippen LogP contribution in [0.2, 0.25) is 0 Å². The van der Waals surface area contributed by atoms with Gasteiger partial charge in [0.15, 0.2) is 11.5 Å². The first-order valence-electron chi connectivity index (χ1n) is 6.92. The van der Waals surface area contributed by atoms with Gasteiger partial charge in [-0.2, -0.15) is 0 Å². The summed E-state index contributed by atoms with van der Waals surface area (Å²) in [6, 6.07) is 5.42. The van der Waals surface area contributed by atoms with Gasteiger partial charge in [-0.3, -0.25) is 4.79 Å². The van der Waals surface area contributed by atoms with E-state index >= 15 is 0 Å². The molecule has 1 aromatic carbocycles. The highest BCUT2D eigenvalue weighted by Crippen LogP contribution is 2.32. The van der Waals surface area contributed by atoms with Gasteiger partial charge in [0.05, 0.1) is 19.1 Å². The fourth-order valence-electron chi connectivity index (χ4n) is 2.32. The molecule has 1 amide bonds. The molecule has 2 N–H and O–H groups in total. The Bertz CT molecular complexity index is 488. The van der Waals surface area contributed by atoms with E-state index in [-0.39, 0.29) is 23.7 Å². The maximum absolute atomic E-state index is 12.3. The van der Waals surface area contributed by atoms with E-state index < -0.39 is 0 Å². The molecule has 1 atom stereocenters. The number of benzene rings is 1. The van der Waals surface area contributed by atoms with E-state index in [0.29, 0.717) is 24.7 Å². The van der Waals surface area contributed by atoms with Crippen molar-refractivity contribution in [2.24, 2.45) is 5.41 Å². The first kappa shape index (κ1) is 17.6. The summed E-state index contributed by atoms with van der Waals surface area (Å²) in [7, 11) is 1.60. The quantitative estimate of drug-likeness (QED) is 0.876. The minimum atomic E-state index is -0.342. The number of hydrogen-bond donors (Lipinski definition) is 2. The molecule has 0 aliphatic carbocycles. The van der Waals surface area contributed by atoms with E-state index in [0.717, 1.165) is 18.7 Å². The third-order valence-corrected chi connectivity index (χ3v) is 3.64. The van der Waals surface area contributed by atoms with E-state index in [1.54, 1.807) is 19.2 Å². The number of carbonyl (C=O) groups is 1. The molecule has 0 aromatic heterocycles. The second kappa shape index (κ2) is 7.52. The largest absolute Gasteiger partial charge is 0.493 e. The number of ether oxygens (including phenoxy) is 2. The third-order valence-electron chi connectivity index (χ3n) is 3.64. The lowest BCUT2D eigenvalue weighted by Crippen LogP contribution is -2.35. The Labute approximate surface area is 131 Å². The van der Waals surface area contributed by atoms with Crippen LogP contribution in [0.5, 0.6) is 11.5 Å². The van der Waals surface area contributed by atoms with E-state index in [1.807, 2.05) is 19.9 Å². The van der Waals surface area contributed by atoms with Gasteiger partial charge in [-0.15, -0.1) is 12.4 Å². The summed E-state index contributed by atoms with van der Waals surface area (Å²) in [4.78, 5) is 12.3. The zero-order valence-corrected chi connectivity index (χ0v) is 13.5. The van der Waals surface area contributed by atoms with Crippen molar-refractivity contribution in [3.05, 3.63) is 18.2 Å². The molecule has 0 bridgehead atoms. The van der Waals surface area contributed by atoms with Crippen LogP contribution in [-0.4, -0.2) is 32.7 Å². The van der Waals surface area contributed by atoms with Gasteiger partial charge in [0.25, 0.3) is 0 Å². The van der Waals surface area contributed by atoms with E-state index in [9.17, 15) is 4.79 Å². The molecule has 0 saturated carbocycles. The smallest absolute Gasteiger partial charge is 0.231 e. The zero-order chi connectivity index (χ0) is 14.6. The van der Waals surface area contributed by atoms with E-state index in [2.05, 4.69) is 10.6 Å². The lowest BCUT2D eigenvalue weighted by atomic mass is 9.89. The minimum absolute atomic E-state index is 0. The molecule has 118 valence electrons. The molecule has 2 rings (SSSR count). The molecular formula is C15H23ClN2O3. The molecule has 1 unspecified atom stereocenters. The molecule has 1 saturated heterocycles. The van der Waals surface area contributed by atoms with Gasteiger partial charge < -0.3 is 20.1 Å². The predicted molar refractivity (Wildman–Crippen MR) is 85.6 cm³/mol. The SMILES string of the molecule is CCOc1cc(NC(=O)C2(C)CCNC2)ccc1OC.Cl. The van der Waals surface area contributed by atoms with Crippen LogP contribution in [0.3, 0.4) is 0 Å². The van der Waals surface area contributed by atoms with E-state index in [1.165, 1.54) is 0 Å². The normalized spacial score (nSPS) is 20.5. The Hall–Kier alpha value is -1.46. The van der Waals surface area contributed by atoms with E-state index in [4.69, 9.17) is 9.47 Å². The molecule has 1 fully saturated rings. The van der Waals surface area contributed by atoms with Crippen molar-refractivity contribution in [2.75, 3.05) is 32.1 Å². The fourth-order valence-corrected chi connectivity index (χ4v) is 2.32. The van der Waals surface area contributed by atoms with Gasteiger partial charge in [-0.25, -0.2) is 0 Å². The van der Waals surface area contributed by atoms with Crippen LogP contribution in [-0.2, 0) is 4.79 Å². The van der Waals surface area contributed by atoms with Crippen LogP contribution in [0.25, 0.3) is 0 Å². The zero-order valence-electron chi connectivity index (χ0n) is 12.7. The number of rotatable bonds is 5. The first-order valence-corrected chi connectivity index (χ1v) is 6.92. The average Bonchev–Trinajstić information content (AvgIpc) is 2.88. The standard InChI is InChI=1S/C15H22N2O3.ClH/c1-4-20-13-9-11(5-6-12(13)19-3)17-14(18)15(2)7-8-16-10-15;/h5-6,9,16H,4,7-8,10H2,1-3H3,(H,17,18);1H. The molecule has 1 aliphatic heterocycles. The summed E-state index contributed by atoms with van der Waals surface area (Å²) in [5.74, 6) is 1.34. The lowest BCUT2D eigenvalue weighted by Gasteiger charge is -2.22. The Balaban J connectivity index is 0.00000220. The average molecular weight is 315 g/mol. The van der Waals surface area contributed by atoms with Crippen LogP contribution < -0.4 is 20.1 Å². The number of nitrogens with one attached hydrogen (secondary N) is 2. The summed E-state index contributed by atoms with van der Waals surface area (Å²) in [6.07, 6.45) is 0.854. The summed E-state index contributed by atoms with van der Waals surface area (Å²) in [5, 5.41) is 6.18. The molecule has 1 aromatic rings. The fraction of sp³-hybridized carbons (Fsp3) is 0.533. The van der Waals surface area contributed by atoms with Crippen LogP contribution >= 0.6 is 12.4 Å².